The van der Waals surface area contributed by atoms with Gasteiger partial charge in [0.05, 0.1) is 4.92 Å². The molecule has 0 saturated heterocycles. The average molecular weight is 277 g/mol. The molecule has 1 aromatic rings. The second-order valence-electron chi connectivity index (χ2n) is 4.74. The van der Waals surface area contributed by atoms with E-state index < -0.39 is 10.9 Å². The summed E-state index contributed by atoms with van der Waals surface area (Å²) in [5.41, 5.74) is 0.0644. The second-order valence-corrected chi connectivity index (χ2v) is 4.74. The highest BCUT2D eigenvalue weighted by molar-refractivity contribution is 5.74. The molecule has 0 bridgehead atoms. The Hall–Kier alpha value is -2.62. The van der Waals surface area contributed by atoms with Gasteiger partial charge in [-0.25, -0.2) is 0 Å². The first-order valence-corrected chi connectivity index (χ1v) is 6.00. The third kappa shape index (κ3) is 3.95. The minimum Gasteiger partial charge on any atom is -0.480 e. The van der Waals surface area contributed by atoms with Crippen molar-refractivity contribution in [3.63, 3.8) is 0 Å². The number of anilines is 1. The van der Waals surface area contributed by atoms with Crippen molar-refractivity contribution in [2.24, 2.45) is 5.92 Å². The monoisotopic (exact) mass is 277 g/mol. The van der Waals surface area contributed by atoms with Crippen LogP contribution < -0.4 is 4.90 Å². The highest BCUT2D eigenvalue weighted by Gasteiger charge is 2.19. The van der Waals surface area contributed by atoms with E-state index in [1.54, 1.807) is 11.0 Å². The number of carboxylic acids is 1. The standard InChI is InChI=1S/C13H15N3O4/c1-9(2)7-15(8-13(17)18)11-4-3-10(6-14)12(5-11)16(19)20/h3-5,9H,7-8H2,1-2H3,(H,17,18). The van der Waals surface area contributed by atoms with E-state index >= 15 is 0 Å². The smallest absolute Gasteiger partial charge is 0.323 e. The molecule has 0 aliphatic carbocycles. The third-order valence-electron chi connectivity index (χ3n) is 2.58. The molecule has 0 amide bonds. The normalized spacial score (nSPS) is 10.1. The van der Waals surface area contributed by atoms with Gasteiger partial charge in [0.2, 0.25) is 0 Å². The van der Waals surface area contributed by atoms with Gasteiger partial charge in [-0.15, -0.1) is 0 Å². The number of hydrogen-bond acceptors (Lipinski definition) is 5. The maximum Gasteiger partial charge on any atom is 0.323 e. The lowest BCUT2D eigenvalue weighted by Crippen LogP contribution is -2.33. The van der Waals surface area contributed by atoms with Gasteiger partial charge in [0, 0.05) is 18.3 Å². The fourth-order valence-electron chi connectivity index (χ4n) is 1.83. The summed E-state index contributed by atoms with van der Waals surface area (Å²) in [6.07, 6.45) is 0. The molecule has 0 aliphatic rings. The number of benzene rings is 1. The zero-order chi connectivity index (χ0) is 15.3. The molecule has 0 aliphatic heterocycles. The van der Waals surface area contributed by atoms with Crippen molar-refractivity contribution in [3.8, 4) is 6.07 Å². The molecule has 7 heteroatoms. The molecule has 0 saturated carbocycles. The van der Waals surface area contributed by atoms with Crippen LogP contribution in [-0.4, -0.2) is 29.1 Å². The molecular weight excluding hydrogens is 262 g/mol. The average Bonchev–Trinajstić information content (AvgIpc) is 2.36. The number of nitrogens with zero attached hydrogens (tertiary/aromatic N) is 3. The summed E-state index contributed by atoms with van der Waals surface area (Å²) in [5, 5.41) is 28.7. The number of carboxylic acid groups (broad SMARTS) is 1. The summed E-state index contributed by atoms with van der Waals surface area (Å²) in [5.74, 6) is -0.818. The second kappa shape index (κ2) is 6.52. The molecule has 0 radical (unpaired) electrons. The number of rotatable bonds is 6. The van der Waals surface area contributed by atoms with Crippen molar-refractivity contribution >= 4 is 17.3 Å². The van der Waals surface area contributed by atoms with Crippen molar-refractivity contribution in [3.05, 3.63) is 33.9 Å². The Morgan fingerprint density at radius 2 is 2.20 bits per heavy atom. The summed E-state index contributed by atoms with van der Waals surface area (Å²) in [7, 11) is 0. The van der Waals surface area contributed by atoms with Gasteiger partial charge in [-0.1, -0.05) is 13.8 Å². The fourth-order valence-corrected chi connectivity index (χ4v) is 1.83. The lowest BCUT2D eigenvalue weighted by Gasteiger charge is -2.24. The number of hydrogen-bond donors (Lipinski definition) is 1. The number of nitro groups is 1. The van der Waals surface area contributed by atoms with E-state index in [4.69, 9.17) is 10.4 Å². The summed E-state index contributed by atoms with van der Waals surface area (Å²) in [4.78, 5) is 22.7. The van der Waals surface area contributed by atoms with Gasteiger partial charge in [0.25, 0.3) is 5.69 Å². The molecule has 1 rings (SSSR count). The summed E-state index contributed by atoms with van der Waals surface area (Å²) in [6.45, 7) is 4.05. The highest BCUT2D eigenvalue weighted by atomic mass is 16.6. The predicted molar refractivity (Wildman–Crippen MR) is 72.5 cm³/mol. The van der Waals surface area contributed by atoms with Gasteiger partial charge in [0.15, 0.2) is 0 Å². The van der Waals surface area contributed by atoms with E-state index in [1.807, 2.05) is 13.8 Å². The van der Waals surface area contributed by atoms with Gasteiger partial charge in [-0.2, -0.15) is 5.26 Å². The minimum atomic E-state index is -1.02. The largest absolute Gasteiger partial charge is 0.480 e. The molecule has 20 heavy (non-hydrogen) atoms. The number of carbonyl (C=O) groups is 1. The van der Waals surface area contributed by atoms with Gasteiger partial charge >= 0.3 is 5.97 Å². The first-order valence-electron chi connectivity index (χ1n) is 6.00. The zero-order valence-corrected chi connectivity index (χ0v) is 11.2. The molecule has 0 unspecified atom stereocenters. The first-order chi connectivity index (χ1) is 9.35. The molecular formula is C13H15N3O4. The molecule has 106 valence electrons. The molecule has 0 heterocycles. The van der Waals surface area contributed by atoms with E-state index in [9.17, 15) is 14.9 Å². The summed E-state index contributed by atoms with van der Waals surface area (Å²) in [6, 6.07) is 5.85. The Morgan fingerprint density at radius 1 is 1.55 bits per heavy atom. The molecule has 0 spiro atoms. The fraction of sp³-hybridized carbons (Fsp3) is 0.385. The van der Waals surface area contributed by atoms with E-state index in [2.05, 4.69) is 0 Å². The van der Waals surface area contributed by atoms with E-state index in [0.29, 0.717) is 12.2 Å². The van der Waals surface area contributed by atoms with Gasteiger partial charge in [-0.3, -0.25) is 14.9 Å². The molecule has 7 nitrogen and oxygen atoms in total. The van der Waals surface area contributed by atoms with E-state index in [1.165, 1.54) is 18.2 Å². The number of aliphatic carboxylic acids is 1. The van der Waals surface area contributed by atoms with Gasteiger partial charge in [0.1, 0.15) is 18.2 Å². The third-order valence-corrected chi connectivity index (χ3v) is 2.58. The SMILES string of the molecule is CC(C)CN(CC(=O)O)c1ccc(C#N)c([N+](=O)[O-])c1. The van der Waals surface area contributed by atoms with Crippen LogP contribution in [-0.2, 0) is 4.79 Å². The lowest BCUT2D eigenvalue weighted by molar-refractivity contribution is -0.385. The van der Waals surface area contributed by atoms with Crippen LogP contribution in [0.15, 0.2) is 18.2 Å². The van der Waals surface area contributed by atoms with Crippen molar-refractivity contribution in [2.75, 3.05) is 18.0 Å². The summed E-state index contributed by atoms with van der Waals surface area (Å²) >= 11 is 0. The van der Waals surface area contributed by atoms with E-state index in [-0.39, 0.29) is 23.7 Å². The van der Waals surface area contributed by atoms with Crippen LogP contribution in [0.4, 0.5) is 11.4 Å². The molecule has 0 aromatic heterocycles. The Morgan fingerprint density at radius 3 is 2.65 bits per heavy atom. The quantitative estimate of drug-likeness (QED) is 0.629. The first kappa shape index (κ1) is 15.4. The Kier molecular flexibility index (Phi) is 5.03. The number of nitriles is 1. The van der Waals surface area contributed by atoms with Crippen molar-refractivity contribution in [1.82, 2.24) is 0 Å². The maximum atomic E-state index is 10.9. The lowest BCUT2D eigenvalue weighted by atomic mass is 10.1. The topological polar surface area (TPSA) is 107 Å². The van der Waals surface area contributed by atoms with Crippen LogP contribution in [0.5, 0.6) is 0 Å². The molecule has 0 fully saturated rings. The Bertz CT molecular complexity index is 563. The Balaban J connectivity index is 3.20. The van der Waals surface area contributed by atoms with Gasteiger partial charge in [-0.05, 0) is 18.1 Å². The Labute approximate surface area is 116 Å². The summed E-state index contributed by atoms with van der Waals surface area (Å²) < 4.78 is 0. The van der Waals surface area contributed by atoms with Crippen LogP contribution in [0.3, 0.4) is 0 Å². The molecule has 1 N–H and O–H groups in total. The van der Waals surface area contributed by atoms with E-state index in [0.717, 1.165) is 0 Å². The van der Waals surface area contributed by atoms with Crippen molar-refractivity contribution < 1.29 is 14.8 Å². The highest BCUT2D eigenvalue weighted by Crippen LogP contribution is 2.25. The van der Waals surface area contributed by atoms with Crippen LogP contribution in [0, 0.1) is 27.4 Å². The predicted octanol–water partition coefficient (Wildman–Crippen LogP) is 2.01. The zero-order valence-electron chi connectivity index (χ0n) is 11.2. The van der Waals surface area contributed by atoms with Crippen molar-refractivity contribution in [1.29, 1.82) is 5.26 Å². The molecule has 0 atom stereocenters. The van der Waals surface area contributed by atoms with Crippen LogP contribution >= 0.6 is 0 Å². The van der Waals surface area contributed by atoms with Crippen molar-refractivity contribution in [2.45, 2.75) is 13.8 Å². The van der Waals surface area contributed by atoms with Crippen LogP contribution in [0.2, 0.25) is 0 Å². The molecule has 1 aromatic carbocycles. The van der Waals surface area contributed by atoms with Gasteiger partial charge < -0.3 is 10.0 Å². The maximum absolute atomic E-state index is 10.9. The minimum absolute atomic E-state index is 0.0430. The number of nitro benzene ring substituents is 1. The van der Waals surface area contributed by atoms with Crippen LogP contribution in [0.25, 0.3) is 0 Å². The van der Waals surface area contributed by atoms with Crippen LogP contribution in [0.1, 0.15) is 19.4 Å².